The number of methoxy groups -OCH3 is 1. The Labute approximate surface area is 190 Å². The fourth-order valence-electron chi connectivity index (χ4n) is 4.17. The van der Waals surface area contributed by atoms with Crippen LogP contribution in [0.5, 0.6) is 11.5 Å². The fraction of sp³-hybridized carbons (Fsp3) is 0.200. The van der Waals surface area contributed by atoms with Crippen LogP contribution in [-0.2, 0) is 30.7 Å². The Kier molecular flexibility index (Phi) is 5.48. The molecule has 5 rings (SSSR count). The van der Waals surface area contributed by atoms with Crippen LogP contribution in [0.3, 0.4) is 0 Å². The van der Waals surface area contributed by atoms with E-state index >= 15 is 0 Å². The van der Waals surface area contributed by atoms with Gasteiger partial charge < -0.3 is 14.6 Å². The Morgan fingerprint density at radius 2 is 1.94 bits per heavy atom. The number of carbonyl (C=O) groups excluding carboxylic acids is 1. The van der Waals surface area contributed by atoms with Gasteiger partial charge in [-0.2, -0.15) is 5.10 Å². The van der Waals surface area contributed by atoms with Crippen molar-refractivity contribution in [1.29, 1.82) is 0 Å². The number of carbonyl (C=O) groups is 1. The van der Waals surface area contributed by atoms with E-state index in [0.717, 1.165) is 45.7 Å². The summed E-state index contributed by atoms with van der Waals surface area (Å²) >= 11 is 0. The molecule has 33 heavy (non-hydrogen) atoms. The lowest BCUT2D eigenvalue weighted by Crippen LogP contribution is -2.10. The highest BCUT2D eigenvalue weighted by molar-refractivity contribution is 5.92. The Morgan fingerprint density at radius 3 is 2.73 bits per heavy atom. The highest BCUT2D eigenvalue weighted by Crippen LogP contribution is 2.38. The van der Waals surface area contributed by atoms with Crippen molar-refractivity contribution in [2.75, 3.05) is 7.11 Å². The molecule has 4 aromatic rings. The SMILES string of the molecule is COC(=O)c1nn(Cc2cccc(O)c2)c2c1CCc1cc(OCc3cncnc3)ccc1-2. The maximum absolute atomic E-state index is 12.4. The average molecular weight is 442 g/mol. The van der Waals surface area contributed by atoms with Crippen LogP contribution in [0.4, 0.5) is 0 Å². The standard InChI is InChI=1S/C25H22N4O4/c1-32-25(31)23-22-7-5-18-10-20(33-14-17-11-26-15-27-12-17)6-8-21(18)24(22)29(28-23)13-16-3-2-4-19(30)9-16/h2-4,6,8-12,15,30H,5,7,13-14H2,1H3. The van der Waals surface area contributed by atoms with Gasteiger partial charge in [-0.15, -0.1) is 0 Å². The number of ether oxygens (including phenoxy) is 2. The number of phenolic OH excluding ortho intramolecular Hbond substituents is 1. The van der Waals surface area contributed by atoms with Gasteiger partial charge in [-0.1, -0.05) is 12.1 Å². The zero-order valence-corrected chi connectivity index (χ0v) is 18.1. The van der Waals surface area contributed by atoms with Gasteiger partial charge in [0.1, 0.15) is 24.4 Å². The van der Waals surface area contributed by atoms with E-state index < -0.39 is 5.97 Å². The van der Waals surface area contributed by atoms with Crippen molar-refractivity contribution >= 4 is 5.97 Å². The van der Waals surface area contributed by atoms with Gasteiger partial charge >= 0.3 is 5.97 Å². The number of esters is 1. The van der Waals surface area contributed by atoms with Gasteiger partial charge in [0.2, 0.25) is 0 Å². The first-order valence-corrected chi connectivity index (χ1v) is 10.6. The average Bonchev–Trinajstić information content (AvgIpc) is 3.21. The molecule has 0 aliphatic heterocycles. The Morgan fingerprint density at radius 1 is 1.09 bits per heavy atom. The third-order valence-electron chi connectivity index (χ3n) is 5.67. The molecule has 0 spiro atoms. The molecular weight excluding hydrogens is 420 g/mol. The maximum atomic E-state index is 12.4. The minimum absolute atomic E-state index is 0.188. The highest BCUT2D eigenvalue weighted by Gasteiger charge is 2.29. The summed E-state index contributed by atoms with van der Waals surface area (Å²) in [6.45, 7) is 0.798. The first kappa shape index (κ1) is 20.7. The number of hydrogen-bond donors (Lipinski definition) is 1. The first-order chi connectivity index (χ1) is 16.1. The summed E-state index contributed by atoms with van der Waals surface area (Å²) in [6.07, 6.45) is 6.37. The topological polar surface area (TPSA) is 99.4 Å². The summed E-state index contributed by atoms with van der Waals surface area (Å²) in [6, 6.07) is 13.0. The van der Waals surface area contributed by atoms with Crippen LogP contribution >= 0.6 is 0 Å². The molecule has 0 atom stereocenters. The molecule has 0 saturated carbocycles. The number of aromatic hydroxyl groups is 1. The zero-order valence-electron chi connectivity index (χ0n) is 18.1. The van der Waals surface area contributed by atoms with Crippen molar-refractivity contribution < 1.29 is 19.4 Å². The van der Waals surface area contributed by atoms with Crippen molar-refractivity contribution in [3.05, 3.63) is 89.1 Å². The predicted octanol–water partition coefficient (Wildman–Crippen LogP) is 3.56. The van der Waals surface area contributed by atoms with Gasteiger partial charge in [0.05, 0.1) is 19.3 Å². The van der Waals surface area contributed by atoms with Crippen LogP contribution in [0.15, 0.2) is 61.2 Å². The molecule has 8 heteroatoms. The van der Waals surface area contributed by atoms with E-state index in [4.69, 9.17) is 9.47 Å². The van der Waals surface area contributed by atoms with Gasteiger partial charge in [-0.3, -0.25) is 4.68 Å². The van der Waals surface area contributed by atoms with Gasteiger partial charge in [-0.05, 0) is 54.3 Å². The van der Waals surface area contributed by atoms with Crippen LogP contribution in [0.2, 0.25) is 0 Å². The number of phenols is 1. The Bertz CT molecular complexity index is 1320. The third kappa shape index (κ3) is 4.15. The molecule has 0 bridgehead atoms. The first-order valence-electron chi connectivity index (χ1n) is 10.6. The molecular formula is C25H22N4O4. The third-order valence-corrected chi connectivity index (χ3v) is 5.67. The second-order valence-electron chi connectivity index (χ2n) is 7.85. The van der Waals surface area contributed by atoms with Crippen LogP contribution in [0.1, 0.15) is 32.7 Å². The summed E-state index contributed by atoms with van der Waals surface area (Å²) in [4.78, 5) is 20.4. The van der Waals surface area contributed by atoms with Gasteiger partial charge in [0, 0.05) is 29.1 Å². The number of aryl methyl sites for hydroxylation is 1. The van der Waals surface area contributed by atoms with E-state index in [9.17, 15) is 9.90 Å². The summed E-state index contributed by atoms with van der Waals surface area (Å²) in [5.74, 6) is 0.496. The van der Waals surface area contributed by atoms with Gasteiger partial charge in [0.25, 0.3) is 0 Å². The largest absolute Gasteiger partial charge is 0.508 e. The molecule has 2 aromatic carbocycles. The second-order valence-corrected chi connectivity index (χ2v) is 7.85. The van der Waals surface area contributed by atoms with E-state index in [1.54, 1.807) is 30.6 Å². The second kappa shape index (κ2) is 8.74. The summed E-state index contributed by atoms with van der Waals surface area (Å²) in [5, 5.41) is 14.5. The number of rotatable bonds is 6. The lowest BCUT2D eigenvalue weighted by atomic mass is 9.88. The normalized spacial score (nSPS) is 12.0. The lowest BCUT2D eigenvalue weighted by molar-refractivity contribution is 0.0591. The molecule has 0 fully saturated rings. The molecule has 2 aromatic heterocycles. The minimum atomic E-state index is -0.450. The van der Waals surface area contributed by atoms with Crippen molar-refractivity contribution in [3.63, 3.8) is 0 Å². The zero-order chi connectivity index (χ0) is 22.8. The molecule has 0 unspecified atom stereocenters. The number of hydrogen-bond acceptors (Lipinski definition) is 7. The fourth-order valence-corrected chi connectivity index (χ4v) is 4.17. The maximum Gasteiger partial charge on any atom is 0.358 e. The number of fused-ring (bicyclic) bond motifs is 3. The van der Waals surface area contributed by atoms with Crippen LogP contribution in [0, 0.1) is 0 Å². The summed E-state index contributed by atoms with van der Waals surface area (Å²) in [5.41, 5.74) is 6.01. The summed E-state index contributed by atoms with van der Waals surface area (Å²) in [7, 11) is 1.36. The van der Waals surface area contributed by atoms with Gasteiger partial charge in [0.15, 0.2) is 5.69 Å². The Balaban J connectivity index is 1.50. The molecule has 0 radical (unpaired) electrons. The quantitative estimate of drug-likeness (QED) is 0.456. The number of benzene rings is 2. The number of nitrogens with zero attached hydrogens (tertiary/aromatic N) is 4. The smallest absolute Gasteiger partial charge is 0.358 e. The molecule has 0 saturated heterocycles. The van der Waals surface area contributed by atoms with Crippen LogP contribution in [0.25, 0.3) is 11.3 Å². The van der Waals surface area contributed by atoms with Crippen LogP contribution < -0.4 is 4.74 Å². The van der Waals surface area contributed by atoms with Crippen molar-refractivity contribution in [2.24, 2.45) is 0 Å². The lowest BCUT2D eigenvalue weighted by Gasteiger charge is -2.20. The number of aromatic nitrogens is 4. The summed E-state index contributed by atoms with van der Waals surface area (Å²) < 4.78 is 12.7. The van der Waals surface area contributed by atoms with E-state index in [1.807, 2.05) is 28.9 Å². The molecule has 1 aliphatic carbocycles. The van der Waals surface area contributed by atoms with E-state index in [-0.39, 0.29) is 5.75 Å². The predicted molar refractivity (Wildman–Crippen MR) is 120 cm³/mol. The highest BCUT2D eigenvalue weighted by atomic mass is 16.5. The van der Waals surface area contributed by atoms with E-state index in [1.165, 1.54) is 13.4 Å². The van der Waals surface area contributed by atoms with E-state index in [0.29, 0.717) is 25.3 Å². The molecule has 1 N–H and O–H groups in total. The van der Waals surface area contributed by atoms with Crippen LogP contribution in [-0.4, -0.2) is 37.9 Å². The molecule has 166 valence electrons. The molecule has 8 nitrogen and oxygen atoms in total. The van der Waals surface area contributed by atoms with Crippen molar-refractivity contribution in [2.45, 2.75) is 26.0 Å². The molecule has 0 amide bonds. The Hall–Kier alpha value is -4.20. The minimum Gasteiger partial charge on any atom is -0.508 e. The van der Waals surface area contributed by atoms with Crippen molar-refractivity contribution in [3.8, 4) is 22.8 Å². The van der Waals surface area contributed by atoms with E-state index in [2.05, 4.69) is 15.1 Å². The molecule has 1 aliphatic rings. The van der Waals surface area contributed by atoms with Crippen molar-refractivity contribution in [1.82, 2.24) is 19.7 Å². The molecule has 2 heterocycles. The van der Waals surface area contributed by atoms with Gasteiger partial charge in [-0.25, -0.2) is 14.8 Å². The monoisotopic (exact) mass is 442 g/mol.